The first kappa shape index (κ1) is 18.0. The third kappa shape index (κ3) is 3.88. The molecule has 6 heteroatoms. The van der Waals surface area contributed by atoms with Crippen LogP contribution in [0.15, 0.2) is 64.6 Å². The van der Waals surface area contributed by atoms with Crippen molar-refractivity contribution in [2.24, 2.45) is 0 Å². The molecule has 0 spiro atoms. The molecule has 0 aliphatic heterocycles. The summed E-state index contributed by atoms with van der Waals surface area (Å²) in [6.07, 6.45) is 1.41. The second-order valence-corrected chi connectivity index (χ2v) is 6.78. The highest BCUT2D eigenvalue weighted by atomic mass is 79.9. The zero-order valence-electron chi connectivity index (χ0n) is 13.3. The average Bonchev–Trinajstić information content (AvgIpc) is 2.63. The first-order valence-corrected chi connectivity index (χ1v) is 8.75. The van der Waals surface area contributed by atoms with E-state index in [2.05, 4.69) is 21.2 Å². The van der Waals surface area contributed by atoms with Gasteiger partial charge in [0.05, 0.1) is 9.50 Å². The topological polar surface area (TPSA) is 73.1 Å². The maximum absolute atomic E-state index is 12.4. The Morgan fingerprint density at radius 1 is 1.15 bits per heavy atom. The van der Waals surface area contributed by atoms with Gasteiger partial charge in [0.25, 0.3) is 5.91 Å². The standard InChI is InChI=1S/C20H12BrClN2O2/c21-17-8-12(9-18(22)19(17)25)7-15(11-23)20(26)24-16-6-5-13-3-1-2-4-14(13)10-16/h1-10,25H,(H,24,26)/b15-7+. The summed E-state index contributed by atoms with van der Waals surface area (Å²) >= 11 is 9.09. The van der Waals surface area contributed by atoms with Crippen molar-refractivity contribution in [1.82, 2.24) is 0 Å². The van der Waals surface area contributed by atoms with E-state index in [4.69, 9.17) is 11.6 Å². The minimum absolute atomic E-state index is 0.0770. The Balaban J connectivity index is 1.87. The average molecular weight is 428 g/mol. The smallest absolute Gasteiger partial charge is 0.266 e. The van der Waals surface area contributed by atoms with E-state index in [0.717, 1.165) is 10.8 Å². The van der Waals surface area contributed by atoms with Crippen LogP contribution >= 0.6 is 27.5 Å². The third-order valence-corrected chi connectivity index (χ3v) is 4.62. The molecule has 1 amide bonds. The van der Waals surface area contributed by atoms with Gasteiger partial charge in [-0.15, -0.1) is 0 Å². The highest BCUT2D eigenvalue weighted by molar-refractivity contribution is 9.10. The van der Waals surface area contributed by atoms with E-state index in [0.29, 0.717) is 15.7 Å². The minimum Gasteiger partial charge on any atom is -0.505 e. The second kappa shape index (κ2) is 7.61. The number of phenols is 1. The zero-order valence-corrected chi connectivity index (χ0v) is 15.7. The molecule has 0 fully saturated rings. The molecular formula is C20H12BrClN2O2. The van der Waals surface area contributed by atoms with E-state index < -0.39 is 5.91 Å². The molecule has 0 saturated heterocycles. The Bertz CT molecular complexity index is 1060. The monoisotopic (exact) mass is 426 g/mol. The van der Waals surface area contributed by atoms with Crippen LogP contribution in [-0.2, 0) is 4.79 Å². The molecule has 3 aromatic rings. The first-order valence-electron chi connectivity index (χ1n) is 7.58. The molecule has 2 N–H and O–H groups in total. The molecule has 0 saturated carbocycles. The van der Waals surface area contributed by atoms with E-state index in [1.54, 1.807) is 12.1 Å². The number of carbonyl (C=O) groups is 1. The van der Waals surface area contributed by atoms with E-state index >= 15 is 0 Å². The molecule has 0 unspecified atom stereocenters. The number of nitriles is 1. The van der Waals surface area contributed by atoms with Crippen LogP contribution in [0.1, 0.15) is 5.56 Å². The normalized spacial score (nSPS) is 11.2. The van der Waals surface area contributed by atoms with Crippen LogP contribution in [0, 0.1) is 11.3 Å². The van der Waals surface area contributed by atoms with Gasteiger partial charge < -0.3 is 10.4 Å². The summed E-state index contributed by atoms with van der Waals surface area (Å²) in [7, 11) is 0. The number of carbonyl (C=O) groups excluding carboxylic acids is 1. The molecule has 26 heavy (non-hydrogen) atoms. The maximum atomic E-state index is 12.4. The van der Waals surface area contributed by atoms with Gasteiger partial charge in [-0.05, 0) is 62.6 Å². The van der Waals surface area contributed by atoms with Crippen molar-refractivity contribution in [3.63, 3.8) is 0 Å². The highest BCUT2D eigenvalue weighted by Gasteiger charge is 2.12. The Morgan fingerprint density at radius 2 is 1.88 bits per heavy atom. The fraction of sp³-hybridized carbons (Fsp3) is 0. The van der Waals surface area contributed by atoms with E-state index in [-0.39, 0.29) is 16.3 Å². The molecule has 3 aromatic carbocycles. The molecule has 0 heterocycles. The number of hydrogen-bond donors (Lipinski definition) is 2. The fourth-order valence-electron chi connectivity index (χ4n) is 2.45. The molecule has 0 aliphatic carbocycles. The number of anilines is 1. The number of nitrogens with one attached hydrogen (secondary N) is 1. The SMILES string of the molecule is N#C/C(=C\c1cc(Cl)c(O)c(Br)c1)C(=O)Nc1ccc2ccccc2c1. The van der Waals surface area contributed by atoms with Gasteiger partial charge in [0.1, 0.15) is 17.4 Å². The Morgan fingerprint density at radius 3 is 2.58 bits per heavy atom. The van der Waals surface area contributed by atoms with Crippen molar-refractivity contribution in [2.75, 3.05) is 5.32 Å². The molecule has 3 rings (SSSR count). The van der Waals surface area contributed by atoms with Gasteiger partial charge in [0, 0.05) is 5.69 Å². The molecule has 128 valence electrons. The van der Waals surface area contributed by atoms with Gasteiger partial charge in [0.15, 0.2) is 0 Å². The lowest BCUT2D eigenvalue weighted by molar-refractivity contribution is -0.112. The van der Waals surface area contributed by atoms with Crippen LogP contribution in [0.25, 0.3) is 16.8 Å². The van der Waals surface area contributed by atoms with Crippen LogP contribution in [-0.4, -0.2) is 11.0 Å². The summed E-state index contributed by atoms with van der Waals surface area (Å²) < 4.78 is 0.378. The summed E-state index contributed by atoms with van der Waals surface area (Å²) in [6.45, 7) is 0. The van der Waals surface area contributed by atoms with Crippen LogP contribution in [0.3, 0.4) is 0 Å². The number of amides is 1. The first-order chi connectivity index (χ1) is 12.5. The van der Waals surface area contributed by atoms with Gasteiger partial charge >= 0.3 is 0 Å². The number of aromatic hydroxyl groups is 1. The van der Waals surface area contributed by atoms with Gasteiger partial charge in [-0.1, -0.05) is 41.9 Å². The van der Waals surface area contributed by atoms with Crippen molar-refractivity contribution in [3.8, 4) is 11.8 Å². The predicted molar refractivity (Wildman–Crippen MR) is 107 cm³/mol. The molecule has 0 aliphatic rings. The summed E-state index contributed by atoms with van der Waals surface area (Å²) in [5.74, 6) is -0.619. The number of fused-ring (bicyclic) bond motifs is 1. The van der Waals surface area contributed by atoms with E-state index in [1.807, 2.05) is 42.5 Å². The number of nitrogens with zero attached hydrogens (tertiary/aromatic N) is 1. The highest BCUT2D eigenvalue weighted by Crippen LogP contribution is 2.33. The van der Waals surface area contributed by atoms with Crippen molar-refractivity contribution in [2.45, 2.75) is 0 Å². The fourth-order valence-corrected chi connectivity index (χ4v) is 3.27. The number of hydrogen-bond acceptors (Lipinski definition) is 3. The summed E-state index contributed by atoms with van der Waals surface area (Å²) in [4.78, 5) is 12.4. The van der Waals surface area contributed by atoms with Gasteiger partial charge in [-0.3, -0.25) is 4.79 Å². The van der Waals surface area contributed by atoms with Crippen LogP contribution in [0.2, 0.25) is 5.02 Å². The quantitative estimate of drug-likeness (QED) is 0.428. The van der Waals surface area contributed by atoms with Gasteiger partial charge in [0.2, 0.25) is 0 Å². The van der Waals surface area contributed by atoms with E-state index in [1.165, 1.54) is 12.1 Å². The largest absolute Gasteiger partial charge is 0.505 e. The molecule has 0 bridgehead atoms. The van der Waals surface area contributed by atoms with E-state index in [9.17, 15) is 15.2 Å². The third-order valence-electron chi connectivity index (χ3n) is 3.72. The van der Waals surface area contributed by atoms with Crippen molar-refractivity contribution < 1.29 is 9.90 Å². The molecule has 4 nitrogen and oxygen atoms in total. The van der Waals surface area contributed by atoms with Crippen LogP contribution < -0.4 is 5.32 Å². The molecular weight excluding hydrogens is 416 g/mol. The van der Waals surface area contributed by atoms with Crippen LogP contribution in [0.5, 0.6) is 5.75 Å². The Hall–Kier alpha value is -2.81. The second-order valence-electron chi connectivity index (χ2n) is 5.52. The van der Waals surface area contributed by atoms with Crippen LogP contribution in [0.4, 0.5) is 5.69 Å². The lowest BCUT2D eigenvalue weighted by atomic mass is 10.1. The minimum atomic E-state index is -0.525. The number of halogens is 2. The lowest BCUT2D eigenvalue weighted by Gasteiger charge is -2.07. The predicted octanol–water partition coefficient (Wildman–Crippen LogP) is 5.51. The maximum Gasteiger partial charge on any atom is 0.266 e. The van der Waals surface area contributed by atoms with Crippen molar-refractivity contribution >= 4 is 56.0 Å². The molecule has 0 radical (unpaired) electrons. The van der Waals surface area contributed by atoms with Crippen molar-refractivity contribution in [1.29, 1.82) is 5.26 Å². The number of rotatable bonds is 3. The number of benzene rings is 3. The zero-order chi connectivity index (χ0) is 18.7. The van der Waals surface area contributed by atoms with Gasteiger partial charge in [-0.25, -0.2) is 0 Å². The molecule has 0 aromatic heterocycles. The van der Waals surface area contributed by atoms with Crippen molar-refractivity contribution in [3.05, 3.63) is 75.2 Å². The Labute approximate surface area is 163 Å². The summed E-state index contributed by atoms with van der Waals surface area (Å²) in [5, 5.41) is 23.9. The molecule has 0 atom stereocenters. The lowest BCUT2D eigenvalue weighted by Crippen LogP contribution is -2.13. The summed E-state index contributed by atoms with van der Waals surface area (Å²) in [5.41, 5.74) is 1.04. The number of phenolic OH excluding ortho intramolecular Hbond substituents is 1. The Kier molecular flexibility index (Phi) is 5.27. The summed E-state index contributed by atoms with van der Waals surface area (Å²) in [6, 6.07) is 18.2. The van der Waals surface area contributed by atoms with Gasteiger partial charge in [-0.2, -0.15) is 5.26 Å².